The molecule has 0 radical (unpaired) electrons. The first-order valence-electron chi connectivity index (χ1n) is 5.90. The lowest BCUT2D eigenvalue weighted by atomic mass is 9.97. The van der Waals surface area contributed by atoms with Crippen LogP contribution in [0.1, 0.15) is 25.7 Å². The van der Waals surface area contributed by atoms with E-state index in [1.807, 2.05) is 0 Å². The monoisotopic (exact) mass is 328 g/mol. The van der Waals surface area contributed by atoms with Gasteiger partial charge in [0, 0.05) is 10.5 Å². The molecule has 0 amide bonds. The van der Waals surface area contributed by atoms with Crippen LogP contribution in [0.2, 0.25) is 0 Å². The van der Waals surface area contributed by atoms with Crippen LogP contribution in [0, 0.1) is 10.1 Å². The van der Waals surface area contributed by atoms with E-state index in [4.69, 9.17) is 0 Å². The molecule has 2 rings (SSSR count). The van der Waals surface area contributed by atoms with E-state index >= 15 is 0 Å². The van der Waals surface area contributed by atoms with Gasteiger partial charge >= 0.3 is 5.97 Å². The normalized spacial score (nSPS) is 17.1. The Kier molecular flexibility index (Phi) is 3.75. The molecule has 0 aromatic heterocycles. The van der Waals surface area contributed by atoms with Gasteiger partial charge in [-0.2, -0.15) is 0 Å². The van der Waals surface area contributed by atoms with E-state index in [2.05, 4.69) is 21.2 Å². The Morgan fingerprint density at radius 2 is 2.05 bits per heavy atom. The number of benzene rings is 1. The fourth-order valence-electron chi connectivity index (χ4n) is 2.39. The van der Waals surface area contributed by atoms with Crippen molar-refractivity contribution in [2.24, 2.45) is 0 Å². The van der Waals surface area contributed by atoms with Gasteiger partial charge in [-0.05, 0) is 25.0 Å². The van der Waals surface area contributed by atoms with Crippen LogP contribution in [0.15, 0.2) is 22.7 Å². The molecule has 102 valence electrons. The van der Waals surface area contributed by atoms with Gasteiger partial charge in [-0.3, -0.25) is 10.1 Å². The minimum Gasteiger partial charge on any atom is -0.480 e. The molecule has 7 heteroatoms. The van der Waals surface area contributed by atoms with Crippen molar-refractivity contribution in [1.82, 2.24) is 0 Å². The molecular weight excluding hydrogens is 316 g/mol. The highest BCUT2D eigenvalue weighted by Gasteiger charge is 2.42. The SMILES string of the molecule is O=C(O)C1(Nc2ccc(Br)cc2[N+](=O)[O-])CCCC1. The van der Waals surface area contributed by atoms with Crippen molar-refractivity contribution in [2.45, 2.75) is 31.2 Å². The molecule has 1 aliphatic carbocycles. The number of hydrogen-bond donors (Lipinski definition) is 2. The van der Waals surface area contributed by atoms with Crippen molar-refractivity contribution < 1.29 is 14.8 Å². The van der Waals surface area contributed by atoms with Crippen molar-refractivity contribution in [3.8, 4) is 0 Å². The van der Waals surface area contributed by atoms with E-state index in [0.29, 0.717) is 17.3 Å². The minimum absolute atomic E-state index is 0.123. The smallest absolute Gasteiger partial charge is 0.329 e. The molecule has 19 heavy (non-hydrogen) atoms. The number of carboxylic acids is 1. The summed E-state index contributed by atoms with van der Waals surface area (Å²) in [4.78, 5) is 21.9. The molecule has 1 saturated carbocycles. The van der Waals surface area contributed by atoms with Gasteiger partial charge in [-0.25, -0.2) is 4.79 Å². The molecule has 0 bridgehead atoms. The van der Waals surface area contributed by atoms with Crippen molar-refractivity contribution in [2.75, 3.05) is 5.32 Å². The van der Waals surface area contributed by atoms with Crippen LogP contribution in [0.5, 0.6) is 0 Å². The summed E-state index contributed by atoms with van der Waals surface area (Å²) in [5, 5.41) is 23.3. The molecule has 1 aliphatic rings. The summed E-state index contributed by atoms with van der Waals surface area (Å²) in [6, 6.07) is 4.55. The third kappa shape index (κ3) is 2.70. The molecule has 0 unspecified atom stereocenters. The number of nitro groups is 1. The summed E-state index contributed by atoms with van der Waals surface area (Å²) in [6.45, 7) is 0. The number of carbonyl (C=O) groups is 1. The zero-order chi connectivity index (χ0) is 14.0. The van der Waals surface area contributed by atoms with Crippen LogP contribution >= 0.6 is 15.9 Å². The molecule has 1 aromatic carbocycles. The fraction of sp³-hybridized carbons (Fsp3) is 0.417. The highest BCUT2D eigenvalue weighted by atomic mass is 79.9. The lowest BCUT2D eigenvalue weighted by molar-refractivity contribution is -0.384. The summed E-state index contributed by atoms with van der Waals surface area (Å²) in [6.07, 6.45) is 2.58. The third-order valence-electron chi connectivity index (χ3n) is 3.40. The largest absolute Gasteiger partial charge is 0.480 e. The molecule has 2 N–H and O–H groups in total. The second-order valence-corrected chi connectivity index (χ2v) is 5.55. The van der Waals surface area contributed by atoms with Crippen LogP contribution in [-0.2, 0) is 4.79 Å². The van der Waals surface area contributed by atoms with Gasteiger partial charge in [0.25, 0.3) is 5.69 Å². The summed E-state index contributed by atoms with van der Waals surface area (Å²) in [7, 11) is 0. The Bertz CT molecular complexity index is 526. The first-order chi connectivity index (χ1) is 8.94. The van der Waals surface area contributed by atoms with E-state index in [1.165, 1.54) is 12.1 Å². The minimum atomic E-state index is -1.08. The van der Waals surface area contributed by atoms with Gasteiger partial charge < -0.3 is 10.4 Å². The predicted octanol–water partition coefficient (Wildman–Crippen LogP) is 3.17. The van der Waals surface area contributed by atoms with Crippen LogP contribution < -0.4 is 5.32 Å². The first kappa shape index (κ1) is 13.8. The number of anilines is 1. The van der Waals surface area contributed by atoms with Crippen LogP contribution in [0.3, 0.4) is 0 Å². The highest BCUT2D eigenvalue weighted by molar-refractivity contribution is 9.10. The lowest BCUT2D eigenvalue weighted by Crippen LogP contribution is -2.43. The zero-order valence-corrected chi connectivity index (χ0v) is 11.6. The molecule has 0 atom stereocenters. The topological polar surface area (TPSA) is 92.5 Å². The van der Waals surface area contributed by atoms with Crippen molar-refractivity contribution in [1.29, 1.82) is 0 Å². The third-order valence-corrected chi connectivity index (χ3v) is 3.89. The second kappa shape index (κ2) is 5.16. The predicted molar refractivity (Wildman–Crippen MR) is 73.3 cm³/mol. The Morgan fingerprint density at radius 3 is 2.58 bits per heavy atom. The molecule has 6 nitrogen and oxygen atoms in total. The summed E-state index contributed by atoms with van der Waals surface area (Å²) < 4.78 is 0.584. The van der Waals surface area contributed by atoms with E-state index in [1.54, 1.807) is 6.07 Å². The number of hydrogen-bond acceptors (Lipinski definition) is 4. The Morgan fingerprint density at radius 1 is 1.42 bits per heavy atom. The number of halogens is 1. The maximum atomic E-state index is 11.4. The van der Waals surface area contributed by atoms with Gasteiger partial charge in [-0.1, -0.05) is 28.8 Å². The summed E-state index contributed by atoms with van der Waals surface area (Å²) in [5.41, 5.74) is -0.960. The second-order valence-electron chi connectivity index (χ2n) is 4.64. The van der Waals surface area contributed by atoms with Crippen LogP contribution in [0.4, 0.5) is 11.4 Å². The number of aliphatic carboxylic acids is 1. The van der Waals surface area contributed by atoms with Gasteiger partial charge in [-0.15, -0.1) is 0 Å². The average molecular weight is 329 g/mol. The Hall–Kier alpha value is -1.63. The van der Waals surface area contributed by atoms with Gasteiger partial charge in [0.2, 0.25) is 0 Å². The Balaban J connectivity index is 2.37. The van der Waals surface area contributed by atoms with Crippen molar-refractivity contribution in [3.05, 3.63) is 32.8 Å². The zero-order valence-electron chi connectivity index (χ0n) is 10.1. The summed E-state index contributed by atoms with van der Waals surface area (Å²) in [5.74, 6) is -0.956. The molecule has 0 spiro atoms. The standard InChI is InChI=1S/C12H13BrN2O4/c13-8-3-4-9(10(7-8)15(18)19)14-12(11(16)17)5-1-2-6-12/h3-4,7,14H,1-2,5-6H2,(H,16,17). The highest BCUT2D eigenvalue weighted by Crippen LogP contribution is 2.37. The molecule has 1 fully saturated rings. The van der Waals surface area contributed by atoms with Gasteiger partial charge in [0.1, 0.15) is 11.2 Å². The molecule has 0 heterocycles. The molecule has 0 saturated heterocycles. The van der Waals surface area contributed by atoms with E-state index in [9.17, 15) is 20.0 Å². The molecule has 1 aromatic rings. The number of nitrogens with zero attached hydrogens (tertiary/aromatic N) is 1. The van der Waals surface area contributed by atoms with Gasteiger partial charge in [0.05, 0.1) is 4.92 Å². The van der Waals surface area contributed by atoms with Crippen molar-refractivity contribution in [3.63, 3.8) is 0 Å². The maximum Gasteiger partial charge on any atom is 0.329 e. The number of nitrogens with one attached hydrogen (secondary N) is 1. The van der Waals surface area contributed by atoms with Gasteiger partial charge in [0.15, 0.2) is 0 Å². The van der Waals surface area contributed by atoms with E-state index < -0.39 is 16.4 Å². The average Bonchev–Trinajstić information content (AvgIpc) is 2.81. The fourth-order valence-corrected chi connectivity index (χ4v) is 2.74. The Labute approximate surface area is 118 Å². The number of carboxylic acid groups (broad SMARTS) is 1. The number of rotatable bonds is 4. The van der Waals surface area contributed by atoms with Crippen molar-refractivity contribution >= 4 is 33.3 Å². The van der Waals surface area contributed by atoms with Crippen LogP contribution in [0.25, 0.3) is 0 Å². The molecular formula is C12H13BrN2O4. The summed E-state index contributed by atoms with van der Waals surface area (Å²) >= 11 is 3.17. The number of nitro benzene ring substituents is 1. The first-order valence-corrected chi connectivity index (χ1v) is 6.69. The maximum absolute atomic E-state index is 11.4. The van der Waals surface area contributed by atoms with E-state index in [-0.39, 0.29) is 11.4 Å². The lowest BCUT2D eigenvalue weighted by Gasteiger charge is -2.26. The quantitative estimate of drug-likeness (QED) is 0.654. The molecule has 0 aliphatic heterocycles. The van der Waals surface area contributed by atoms with Crippen LogP contribution in [-0.4, -0.2) is 21.5 Å². The van der Waals surface area contributed by atoms with E-state index in [0.717, 1.165) is 12.8 Å².